The van der Waals surface area contributed by atoms with Gasteiger partial charge in [0.2, 0.25) is 0 Å². The number of nitrogen functional groups attached to an aromatic ring is 1. The van der Waals surface area contributed by atoms with Gasteiger partial charge in [-0.1, -0.05) is 17.7 Å². The van der Waals surface area contributed by atoms with Crippen molar-refractivity contribution in [2.45, 2.75) is 13.8 Å². The molecule has 88 valence electrons. The molecule has 0 saturated heterocycles. The molecule has 2 N–H and O–H groups in total. The number of nitrogens with two attached hydrogens (primary N) is 1. The smallest absolute Gasteiger partial charge is 0.146 e. The molecule has 0 bridgehead atoms. The zero-order chi connectivity index (χ0) is 12.6. The van der Waals surface area contributed by atoms with E-state index in [4.69, 9.17) is 17.3 Å². The van der Waals surface area contributed by atoms with Crippen LogP contribution in [0.1, 0.15) is 11.1 Å². The standard InChI is InChI=1S/C14H13ClFN/c1-8-6-12(15)9(2)5-11(8)10-3-4-14(17)13(16)7-10/h3-7H,17H2,1-2H3. The first-order valence-electron chi connectivity index (χ1n) is 5.31. The van der Waals surface area contributed by atoms with Crippen LogP contribution in [-0.4, -0.2) is 0 Å². The monoisotopic (exact) mass is 249 g/mol. The summed E-state index contributed by atoms with van der Waals surface area (Å²) < 4.78 is 13.4. The van der Waals surface area contributed by atoms with E-state index in [-0.39, 0.29) is 5.69 Å². The number of anilines is 1. The van der Waals surface area contributed by atoms with Crippen LogP contribution < -0.4 is 5.73 Å². The molecule has 0 unspecified atom stereocenters. The molecule has 0 saturated carbocycles. The molecule has 0 aliphatic heterocycles. The Labute approximate surface area is 105 Å². The van der Waals surface area contributed by atoms with Crippen LogP contribution in [0.4, 0.5) is 10.1 Å². The van der Waals surface area contributed by atoms with Gasteiger partial charge in [0.1, 0.15) is 5.82 Å². The summed E-state index contributed by atoms with van der Waals surface area (Å²) in [5, 5.41) is 0.724. The molecule has 1 nitrogen and oxygen atoms in total. The third-order valence-electron chi connectivity index (χ3n) is 2.82. The number of hydrogen-bond acceptors (Lipinski definition) is 1. The van der Waals surface area contributed by atoms with Gasteiger partial charge < -0.3 is 5.73 Å². The van der Waals surface area contributed by atoms with Crippen molar-refractivity contribution in [2.24, 2.45) is 0 Å². The van der Waals surface area contributed by atoms with E-state index < -0.39 is 5.82 Å². The topological polar surface area (TPSA) is 26.0 Å². The van der Waals surface area contributed by atoms with Gasteiger partial charge in [-0.25, -0.2) is 4.39 Å². The molecule has 2 aromatic carbocycles. The average Bonchev–Trinajstić information content (AvgIpc) is 2.27. The number of benzene rings is 2. The maximum atomic E-state index is 13.4. The van der Waals surface area contributed by atoms with Crippen molar-refractivity contribution in [2.75, 3.05) is 5.73 Å². The molecule has 17 heavy (non-hydrogen) atoms. The summed E-state index contributed by atoms with van der Waals surface area (Å²) in [6.45, 7) is 3.88. The van der Waals surface area contributed by atoms with Crippen molar-refractivity contribution in [3.05, 3.63) is 52.3 Å². The molecule has 0 aliphatic rings. The summed E-state index contributed by atoms with van der Waals surface area (Å²) in [5.74, 6) is -0.394. The summed E-state index contributed by atoms with van der Waals surface area (Å²) >= 11 is 6.04. The van der Waals surface area contributed by atoms with Gasteiger partial charge in [0.25, 0.3) is 0 Å². The van der Waals surface area contributed by atoms with Gasteiger partial charge in [-0.2, -0.15) is 0 Å². The van der Waals surface area contributed by atoms with E-state index in [1.54, 1.807) is 6.07 Å². The minimum Gasteiger partial charge on any atom is -0.396 e. The van der Waals surface area contributed by atoms with Crippen LogP contribution in [-0.2, 0) is 0 Å². The lowest BCUT2D eigenvalue weighted by atomic mass is 9.98. The summed E-state index contributed by atoms with van der Waals surface area (Å²) in [6.07, 6.45) is 0. The molecule has 3 heteroatoms. The summed E-state index contributed by atoms with van der Waals surface area (Å²) in [5.41, 5.74) is 9.41. The molecule has 0 aromatic heterocycles. The van der Waals surface area contributed by atoms with Gasteiger partial charge in [0.15, 0.2) is 0 Å². The Morgan fingerprint density at radius 3 is 2.41 bits per heavy atom. The molecule has 0 fully saturated rings. The number of rotatable bonds is 1. The maximum absolute atomic E-state index is 13.4. The van der Waals surface area contributed by atoms with Crippen molar-refractivity contribution in [1.29, 1.82) is 0 Å². The Kier molecular flexibility index (Phi) is 3.07. The molecule has 0 spiro atoms. The second-order valence-electron chi connectivity index (χ2n) is 4.15. The molecule has 2 aromatic rings. The highest BCUT2D eigenvalue weighted by Gasteiger charge is 2.07. The van der Waals surface area contributed by atoms with Crippen LogP contribution in [0, 0.1) is 19.7 Å². The fraction of sp³-hybridized carbons (Fsp3) is 0.143. The normalized spacial score (nSPS) is 10.6. The lowest BCUT2D eigenvalue weighted by Crippen LogP contribution is -1.92. The Bertz CT molecular complexity index is 579. The van der Waals surface area contributed by atoms with E-state index in [0.717, 1.165) is 27.3 Å². The van der Waals surface area contributed by atoms with Crippen molar-refractivity contribution in [1.82, 2.24) is 0 Å². The minimum absolute atomic E-state index is 0.164. The van der Waals surface area contributed by atoms with Crippen molar-refractivity contribution in [3.8, 4) is 11.1 Å². The van der Waals surface area contributed by atoms with Gasteiger partial charge in [0, 0.05) is 5.02 Å². The molecular weight excluding hydrogens is 237 g/mol. The average molecular weight is 250 g/mol. The lowest BCUT2D eigenvalue weighted by molar-refractivity contribution is 0.633. The Balaban J connectivity index is 2.60. The third kappa shape index (κ3) is 2.27. The van der Waals surface area contributed by atoms with E-state index in [1.807, 2.05) is 32.0 Å². The fourth-order valence-corrected chi connectivity index (χ4v) is 2.00. The van der Waals surface area contributed by atoms with Crippen LogP contribution >= 0.6 is 11.6 Å². The van der Waals surface area contributed by atoms with Gasteiger partial charge in [-0.05, 0) is 60.4 Å². The van der Waals surface area contributed by atoms with Crippen LogP contribution in [0.3, 0.4) is 0 Å². The zero-order valence-corrected chi connectivity index (χ0v) is 10.5. The largest absolute Gasteiger partial charge is 0.396 e. The predicted octanol–water partition coefficient (Wildman–Crippen LogP) is 4.35. The number of aryl methyl sites for hydroxylation is 2. The zero-order valence-electron chi connectivity index (χ0n) is 9.72. The summed E-state index contributed by atoms with van der Waals surface area (Å²) in [6, 6.07) is 8.69. The second kappa shape index (κ2) is 4.38. The Morgan fingerprint density at radius 2 is 1.76 bits per heavy atom. The quantitative estimate of drug-likeness (QED) is 0.748. The SMILES string of the molecule is Cc1cc(-c2ccc(N)c(F)c2)c(C)cc1Cl. The highest BCUT2D eigenvalue weighted by atomic mass is 35.5. The molecule has 0 radical (unpaired) electrons. The summed E-state index contributed by atoms with van der Waals surface area (Å²) in [4.78, 5) is 0. The molecule has 2 rings (SSSR count). The van der Waals surface area contributed by atoms with E-state index in [2.05, 4.69) is 0 Å². The first-order chi connectivity index (χ1) is 7.99. The second-order valence-corrected chi connectivity index (χ2v) is 4.56. The van der Waals surface area contributed by atoms with Gasteiger partial charge in [-0.3, -0.25) is 0 Å². The van der Waals surface area contributed by atoms with Crippen molar-refractivity contribution in [3.63, 3.8) is 0 Å². The van der Waals surface area contributed by atoms with E-state index in [1.165, 1.54) is 6.07 Å². The van der Waals surface area contributed by atoms with Gasteiger partial charge in [-0.15, -0.1) is 0 Å². The van der Waals surface area contributed by atoms with Crippen LogP contribution in [0.25, 0.3) is 11.1 Å². The first-order valence-corrected chi connectivity index (χ1v) is 5.69. The molecule has 0 heterocycles. The highest BCUT2D eigenvalue weighted by molar-refractivity contribution is 6.31. The minimum atomic E-state index is -0.394. The summed E-state index contributed by atoms with van der Waals surface area (Å²) in [7, 11) is 0. The van der Waals surface area contributed by atoms with Crippen molar-refractivity contribution < 1.29 is 4.39 Å². The van der Waals surface area contributed by atoms with E-state index in [0.29, 0.717) is 0 Å². The first kappa shape index (κ1) is 11.9. The maximum Gasteiger partial charge on any atom is 0.146 e. The highest BCUT2D eigenvalue weighted by Crippen LogP contribution is 2.30. The fourth-order valence-electron chi connectivity index (χ4n) is 1.79. The molecular formula is C14H13ClFN. The Hall–Kier alpha value is -1.54. The molecule has 0 amide bonds. The van der Waals surface area contributed by atoms with Gasteiger partial charge >= 0.3 is 0 Å². The van der Waals surface area contributed by atoms with Crippen LogP contribution in [0.5, 0.6) is 0 Å². The number of hydrogen-bond donors (Lipinski definition) is 1. The Morgan fingerprint density at radius 1 is 1.06 bits per heavy atom. The van der Waals surface area contributed by atoms with Gasteiger partial charge in [0.05, 0.1) is 5.69 Å². The van der Waals surface area contributed by atoms with Crippen LogP contribution in [0.15, 0.2) is 30.3 Å². The van der Waals surface area contributed by atoms with E-state index >= 15 is 0 Å². The predicted molar refractivity (Wildman–Crippen MR) is 70.7 cm³/mol. The molecule has 0 aliphatic carbocycles. The number of halogens is 2. The van der Waals surface area contributed by atoms with Crippen LogP contribution in [0.2, 0.25) is 5.02 Å². The van der Waals surface area contributed by atoms with Crippen molar-refractivity contribution >= 4 is 17.3 Å². The third-order valence-corrected chi connectivity index (χ3v) is 3.22. The lowest BCUT2D eigenvalue weighted by Gasteiger charge is -2.10. The molecule has 0 atom stereocenters. The van der Waals surface area contributed by atoms with E-state index in [9.17, 15) is 4.39 Å².